The maximum atomic E-state index is 11.2. The maximum absolute atomic E-state index is 11.2. The summed E-state index contributed by atoms with van der Waals surface area (Å²) in [5.41, 5.74) is 11.6. The summed E-state index contributed by atoms with van der Waals surface area (Å²) >= 11 is 0. The minimum Gasteiger partial charge on any atom is -0.550 e. The van der Waals surface area contributed by atoms with Gasteiger partial charge in [-0.1, -0.05) is 12.1 Å². The summed E-state index contributed by atoms with van der Waals surface area (Å²) < 4.78 is 7.20. The Balaban J connectivity index is 0.000000368. The number of methoxy groups -OCH3 is 1. The lowest BCUT2D eigenvalue weighted by Crippen LogP contribution is -2.78. The number of rotatable bonds is 7. The van der Waals surface area contributed by atoms with Crippen molar-refractivity contribution in [2.75, 3.05) is 32.7 Å². The summed E-state index contributed by atoms with van der Waals surface area (Å²) in [5.74, 6) is 0.584. The number of ether oxygens (including phenoxy) is 1. The van der Waals surface area contributed by atoms with Crippen LogP contribution in [-0.4, -0.2) is 78.3 Å². The van der Waals surface area contributed by atoms with Crippen LogP contribution in [0.5, 0.6) is 5.75 Å². The molecule has 0 spiro atoms. The standard InChI is InChI=1S/C21H22N6O3.C4H11NO3/c1-30-15-4-2-3-13-9-14(25-16(13)15)17-18-19(22)23-10-24-27(18)20(26-17)11-5-7-12(8-6-11)21(28)29;5-4(1-6,2-7)3-8/h2-4,9-12,25H,5-8H2,1H3,(H,28,29)(H2,22,23,24);6-8H,1-3,5H2. The molecule has 0 aliphatic heterocycles. The fourth-order valence-electron chi connectivity index (χ4n) is 4.59. The Bertz CT molecular complexity index is 1400. The Hall–Kier alpha value is -3.78. The van der Waals surface area contributed by atoms with Gasteiger partial charge in [0.1, 0.15) is 48.9 Å². The first-order chi connectivity index (χ1) is 18.2. The third kappa shape index (κ3) is 5.27. The van der Waals surface area contributed by atoms with E-state index in [1.54, 1.807) is 11.6 Å². The van der Waals surface area contributed by atoms with E-state index in [1.807, 2.05) is 24.3 Å². The van der Waals surface area contributed by atoms with Crippen molar-refractivity contribution in [3.05, 3.63) is 36.4 Å². The largest absolute Gasteiger partial charge is 0.550 e. The number of nitrogens with one attached hydrogen (secondary N) is 1. The zero-order valence-corrected chi connectivity index (χ0v) is 21.1. The number of aromatic amines is 1. The van der Waals surface area contributed by atoms with Crippen LogP contribution in [0.3, 0.4) is 0 Å². The number of anilines is 1. The van der Waals surface area contributed by atoms with E-state index in [0.717, 1.165) is 28.2 Å². The molecule has 1 aliphatic rings. The maximum Gasteiger partial charge on any atom is 0.164 e. The van der Waals surface area contributed by atoms with Crippen molar-refractivity contribution in [2.45, 2.75) is 37.1 Å². The van der Waals surface area contributed by atoms with E-state index in [9.17, 15) is 9.90 Å². The number of carboxylic acid groups (broad SMARTS) is 1. The molecule has 0 radical (unpaired) electrons. The minimum atomic E-state index is -0.972. The van der Waals surface area contributed by atoms with Gasteiger partial charge in [0.25, 0.3) is 0 Å². The van der Waals surface area contributed by atoms with Gasteiger partial charge in [0.2, 0.25) is 0 Å². The Kier molecular flexibility index (Phi) is 8.11. The topological polar surface area (TPSA) is 223 Å². The van der Waals surface area contributed by atoms with Crippen molar-refractivity contribution in [1.82, 2.24) is 24.6 Å². The fraction of sp³-hybridized carbons (Fsp3) is 0.440. The monoisotopic (exact) mass is 527 g/mol. The van der Waals surface area contributed by atoms with Crippen molar-refractivity contribution in [3.8, 4) is 17.1 Å². The Morgan fingerprint density at radius 1 is 1.24 bits per heavy atom. The van der Waals surface area contributed by atoms with Crippen LogP contribution in [0, 0.1) is 5.92 Å². The second-order valence-electron chi connectivity index (χ2n) is 9.67. The molecule has 0 atom stereocenters. The van der Waals surface area contributed by atoms with Gasteiger partial charge in [0.15, 0.2) is 11.4 Å². The molecule has 0 unspecified atom stereocenters. The van der Waals surface area contributed by atoms with Gasteiger partial charge < -0.3 is 46.4 Å². The predicted molar refractivity (Wildman–Crippen MR) is 136 cm³/mol. The molecule has 13 heteroatoms. The van der Waals surface area contributed by atoms with Gasteiger partial charge in [-0.3, -0.25) is 0 Å². The summed E-state index contributed by atoms with van der Waals surface area (Å²) in [5, 5.41) is 41.8. The van der Waals surface area contributed by atoms with Crippen LogP contribution in [0.25, 0.3) is 27.8 Å². The van der Waals surface area contributed by atoms with Gasteiger partial charge >= 0.3 is 0 Å². The number of aliphatic carboxylic acids is 1. The number of para-hydroxylation sites is 1. The summed E-state index contributed by atoms with van der Waals surface area (Å²) in [7, 11) is 1.63. The first kappa shape index (κ1) is 27.3. The van der Waals surface area contributed by atoms with E-state index < -0.39 is 17.4 Å². The smallest absolute Gasteiger partial charge is 0.164 e. The number of aromatic nitrogens is 5. The van der Waals surface area contributed by atoms with Gasteiger partial charge in [-0.05, 0) is 43.7 Å². The molecule has 1 fully saturated rings. The molecule has 204 valence electrons. The number of H-pyrrole nitrogens is 1. The van der Waals surface area contributed by atoms with E-state index in [-0.39, 0.29) is 25.7 Å². The summed E-state index contributed by atoms with van der Waals surface area (Å²) in [6.45, 7) is -0.875. The molecule has 1 saturated carbocycles. The summed E-state index contributed by atoms with van der Waals surface area (Å²) in [6.07, 6.45) is 3.98. The highest BCUT2D eigenvalue weighted by atomic mass is 16.5. The number of benzene rings is 1. The zero-order valence-electron chi connectivity index (χ0n) is 21.1. The number of aliphatic hydroxyl groups excluding tert-OH is 3. The number of nitrogens with zero attached hydrogens (tertiary/aromatic N) is 4. The Morgan fingerprint density at radius 2 is 1.92 bits per heavy atom. The first-order valence-corrected chi connectivity index (χ1v) is 12.3. The van der Waals surface area contributed by atoms with E-state index in [1.165, 1.54) is 6.33 Å². The zero-order chi connectivity index (χ0) is 27.4. The van der Waals surface area contributed by atoms with Crippen molar-refractivity contribution >= 4 is 28.2 Å². The van der Waals surface area contributed by atoms with Crippen LogP contribution in [0.2, 0.25) is 0 Å². The lowest BCUT2D eigenvalue weighted by atomic mass is 9.82. The SMILES string of the molecule is COc1cccc2cc(-c3nc(C4CCC(C(=O)[O-])CC4)n4ncnc(N)c34)[nH]c12.[NH3+]C(CO)(CO)CO. The Labute approximate surface area is 218 Å². The predicted octanol–water partition coefficient (Wildman–Crippen LogP) is -1.17. The van der Waals surface area contributed by atoms with Crippen LogP contribution in [-0.2, 0) is 4.79 Å². The average Bonchev–Trinajstić information content (AvgIpc) is 3.55. The number of carboxylic acids is 1. The van der Waals surface area contributed by atoms with Crippen LogP contribution in [0.4, 0.5) is 5.82 Å². The molecule has 3 aromatic heterocycles. The lowest BCUT2D eigenvalue weighted by Gasteiger charge is -2.28. The number of carbonyl (C=O) groups is 1. The number of quaternary nitrogens is 1. The highest BCUT2D eigenvalue weighted by Gasteiger charge is 2.29. The molecule has 38 heavy (non-hydrogen) atoms. The number of hydrogen-bond donors (Lipinski definition) is 6. The normalized spacial score (nSPS) is 17.8. The molecule has 0 saturated heterocycles. The molecule has 0 amide bonds. The molecule has 1 aromatic carbocycles. The van der Waals surface area contributed by atoms with E-state index >= 15 is 0 Å². The Morgan fingerprint density at radius 3 is 2.50 bits per heavy atom. The van der Waals surface area contributed by atoms with E-state index in [4.69, 9.17) is 30.8 Å². The van der Waals surface area contributed by atoms with E-state index in [0.29, 0.717) is 42.7 Å². The molecule has 0 bridgehead atoms. The number of imidazole rings is 1. The summed E-state index contributed by atoms with van der Waals surface area (Å²) in [4.78, 5) is 23.7. The third-order valence-corrected chi connectivity index (χ3v) is 7.01. The number of carbonyl (C=O) groups excluding carboxylic acids is 1. The molecule has 9 N–H and O–H groups in total. The minimum absolute atomic E-state index is 0.0927. The average molecular weight is 528 g/mol. The number of nitrogen functional groups attached to an aromatic ring is 1. The number of aliphatic hydroxyl groups is 3. The second-order valence-corrected chi connectivity index (χ2v) is 9.67. The molecule has 3 heterocycles. The van der Waals surface area contributed by atoms with Crippen LogP contribution in [0.1, 0.15) is 37.4 Å². The highest BCUT2D eigenvalue weighted by Crippen LogP contribution is 2.39. The van der Waals surface area contributed by atoms with Gasteiger partial charge in [-0.25, -0.2) is 14.5 Å². The highest BCUT2D eigenvalue weighted by molar-refractivity contribution is 5.93. The van der Waals surface area contributed by atoms with Gasteiger partial charge in [-0.15, -0.1) is 0 Å². The molecule has 13 nitrogen and oxygen atoms in total. The lowest BCUT2D eigenvalue weighted by molar-refractivity contribution is -0.494. The molecule has 5 rings (SSSR count). The van der Waals surface area contributed by atoms with Crippen molar-refractivity contribution in [3.63, 3.8) is 0 Å². The van der Waals surface area contributed by atoms with Crippen molar-refractivity contribution in [2.24, 2.45) is 5.92 Å². The molecular weight excluding hydrogens is 494 g/mol. The van der Waals surface area contributed by atoms with Crippen LogP contribution < -0.4 is 21.3 Å². The van der Waals surface area contributed by atoms with Crippen LogP contribution >= 0.6 is 0 Å². The van der Waals surface area contributed by atoms with Crippen LogP contribution in [0.15, 0.2) is 30.6 Å². The summed E-state index contributed by atoms with van der Waals surface area (Å²) in [6, 6.07) is 7.83. The molecular formula is C25H33N7O6. The number of nitrogens with two attached hydrogens (primary N) is 1. The fourth-order valence-corrected chi connectivity index (χ4v) is 4.59. The molecule has 4 aromatic rings. The van der Waals surface area contributed by atoms with Gasteiger partial charge in [0.05, 0.1) is 18.3 Å². The van der Waals surface area contributed by atoms with Gasteiger partial charge in [-0.2, -0.15) is 5.10 Å². The molecule has 1 aliphatic carbocycles. The number of fused-ring (bicyclic) bond motifs is 2. The third-order valence-electron chi connectivity index (χ3n) is 7.01. The quantitative estimate of drug-likeness (QED) is 0.169. The van der Waals surface area contributed by atoms with Crippen molar-refractivity contribution < 1.29 is 35.7 Å². The first-order valence-electron chi connectivity index (χ1n) is 12.3. The van der Waals surface area contributed by atoms with E-state index in [2.05, 4.69) is 20.8 Å². The number of hydrogen-bond acceptors (Lipinski definition) is 10. The van der Waals surface area contributed by atoms with Gasteiger partial charge in [0, 0.05) is 17.3 Å². The van der Waals surface area contributed by atoms with Crippen molar-refractivity contribution in [1.29, 1.82) is 0 Å². The second kappa shape index (κ2) is 11.3.